The summed E-state index contributed by atoms with van der Waals surface area (Å²) in [6, 6.07) is 26.3. The fourth-order valence-corrected chi connectivity index (χ4v) is 4.21. The molecule has 0 fully saturated rings. The van der Waals surface area contributed by atoms with Gasteiger partial charge >= 0.3 is 0 Å². The Morgan fingerprint density at radius 2 is 1.66 bits per heavy atom. The molecule has 1 aliphatic rings. The highest BCUT2D eigenvalue weighted by molar-refractivity contribution is 6.21. The summed E-state index contributed by atoms with van der Waals surface area (Å²) in [4.78, 5) is 39.4. The summed E-state index contributed by atoms with van der Waals surface area (Å²) in [5.41, 5.74) is 4.49. The number of nitrogens with zero attached hydrogens (tertiary/aromatic N) is 1. The SMILES string of the molecule is Cc1ccccc1C=CC(=O)Nc1ccc(N2C(=O)CC(=O)Nc3c2ccc2ccccc32)cc1. The van der Waals surface area contributed by atoms with Crippen molar-refractivity contribution in [3.05, 3.63) is 102 Å². The summed E-state index contributed by atoms with van der Waals surface area (Å²) in [7, 11) is 0. The number of nitrogens with one attached hydrogen (secondary N) is 2. The van der Waals surface area contributed by atoms with Crippen molar-refractivity contribution in [2.24, 2.45) is 0 Å². The highest BCUT2D eigenvalue weighted by Gasteiger charge is 2.28. The Morgan fingerprint density at radius 1 is 0.914 bits per heavy atom. The van der Waals surface area contributed by atoms with Crippen molar-refractivity contribution >= 4 is 57.3 Å². The van der Waals surface area contributed by atoms with E-state index in [0.717, 1.165) is 21.9 Å². The van der Waals surface area contributed by atoms with Crippen molar-refractivity contribution in [3.8, 4) is 0 Å². The molecule has 4 aromatic rings. The van der Waals surface area contributed by atoms with E-state index in [4.69, 9.17) is 0 Å². The molecule has 2 N–H and O–H groups in total. The third-order valence-corrected chi connectivity index (χ3v) is 5.97. The molecule has 172 valence electrons. The van der Waals surface area contributed by atoms with Crippen LogP contribution in [0.15, 0.2) is 91.0 Å². The van der Waals surface area contributed by atoms with Crippen LogP contribution in [0.5, 0.6) is 0 Å². The quantitative estimate of drug-likeness (QED) is 0.297. The lowest BCUT2D eigenvalue weighted by atomic mass is 10.1. The van der Waals surface area contributed by atoms with E-state index in [-0.39, 0.29) is 24.1 Å². The van der Waals surface area contributed by atoms with Gasteiger partial charge < -0.3 is 10.6 Å². The molecule has 35 heavy (non-hydrogen) atoms. The van der Waals surface area contributed by atoms with Crippen molar-refractivity contribution in [1.82, 2.24) is 0 Å². The number of amides is 3. The Labute approximate surface area is 202 Å². The molecule has 1 aliphatic heterocycles. The zero-order valence-electron chi connectivity index (χ0n) is 19.1. The second-order valence-corrected chi connectivity index (χ2v) is 8.36. The Kier molecular flexibility index (Phi) is 5.85. The van der Waals surface area contributed by atoms with Gasteiger partial charge in [0.2, 0.25) is 17.7 Å². The van der Waals surface area contributed by atoms with Crippen LogP contribution in [0.25, 0.3) is 16.8 Å². The van der Waals surface area contributed by atoms with Crippen LogP contribution >= 0.6 is 0 Å². The highest BCUT2D eigenvalue weighted by atomic mass is 16.2. The van der Waals surface area contributed by atoms with Gasteiger partial charge in [-0.2, -0.15) is 0 Å². The van der Waals surface area contributed by atoms with Crippen LogP contribution in [-0.2, 0) is 14.4 Å². The first-order chi connectivity index (χ1) is 17.0. The zero-order chi connectivity index (χ0) is 24.4. The molecule has 4 aromatic carbocycles. The Morgan fingerprint density at radius 3 is 2.46 bits per heavy atom. The molecule has 0 unspecified atom stereocenters. The van der Waals surface area contributed by atoms with Crippen LogP contribution < -0.4 is 15.5 Å². The van der Waals surface area contributed by atoms with E-state index < -0.39 is 0 Å². The number of hydrogen-bond donors (Lipinski definition) is 2. The van der Waals surface area contributed by atoms with E-state index in [0.29, 0.717) is 22.7 Å². The number of rotatable bonds is 4. The highest BCUT2D eigenvalue weighted by Crippen LogP contribution is 2.40. The minimum Gasteiger partial charge on any atom is -0.323 e. The maximum Gasteiger partial charge on any atom is 0.248 e. The first kappa shape index (κ1) is 22.1. The van der Waals surface area contributed by atoms with Crippen LogP contribution in [-0.4, -0.2) is 17.7 Å². The number of carbonyl (C=O) groups excluding carboxylic acids is 3. The lowest BCUT2D eigenvalue weighted by Gasteiger charge is -2.23. The van der Waals surface area contributed by atoms with Crippen LogP contribution in [0.2, 0.25) is 0 Å². The Hall–Kier alpha value is -4.71. The molecule has 0 bridgehead atoms. The molecule has 0 saturated carbocycles. The summed E-state index contributed by atoms with van der Waals surface area (Å²) in [6.07, 6.45) is 3.01. The molecule has 3 amide bonds. The number of anilines is 4. The summed E-state index contributed by atoms with van der Waals surface area (Å²) < 4.78 is 0. The van der Waals surface area contributed by atoms with E-state index >= 15 is 0 Å². The summed E-state index contributed by atoms with van der Waals surface area (Å²) in [5, 5.41) is 7.57. The number of fused-ring (bicyclic) bond motifs is 3. The van der Waals surface area contributed by atoms with Gasteiger partial charge in [-0.3, -0.25) is 19.3 Å². The number of aryl methyl sites for hydroxylation is 1. The van der Waals surface area contributed by atoms with Gasteiger partial charge in [0.25, 0.3) is 0 Å². The first-order valence-corrected chi connectivity index (χ1v) is 11.3. The standard InChI is InChI=1S/C29H23N3O3/c1-19-6-2-3-7-20(19)11-17-26(33)30-22-12-14-23(15-13-22)32-25-16-10-21-8-4-5-9-24(21)29(25)31-27(34)18-28(32)35/h2-17H,18H2,1H3,(H,30,33)(H,31,34). The lowest BCUT2D eigenvalue weighted by molar-refractivity contribution is -0.124. The normalized spacial score (nSPS) is 13.5. The lowest BCUT2D eigenvalue weighted by Crippen LogP contribution is -2.26. The predicted molar refractivity (Wildman–Crippen MR) is 140 cm³/mol. The van der Waals surface area contributed by atoms with Gasteiger partial charge in [0.15, 0.2) is 0 Å². The van der Waals surface area contributed by atoms with Crippen LogP contribution in [0, 0.1) is 6.92 Å². The van der Waals surface area contributed by atoms with Gasteiger partial charge in [0, 0.05) is 22.8 Å². The largest absolute Gasteiger partial charge is 0.323 e. The van der Waals surface area contributed by atoms with Crippen molar-refractivity contribution < 1.29 is 14.4 Å². The van der Waals surface area contributed by atoms with Crippen LogP contribution in [0.1, 0.15) is 17.5 Å². The average Bonchev–Trinajstić information content (AvgIpc) is 2.98. The third-order valence-electron chi connectivity index (χ3n) is 5.97. The Bertz CT molecular complexity index is 1490. The van der Waals surface area contributed by atoms with Gasteiger partial charge in [0.05, 0.1) is 11.4 Å². The molecule has 6 nitrogen and oxygen atoms in total. The molecular formula is C29H23N3O3. The maximum absolute atomic E-state index is 13.0. The number of hydrogen-bond acceptors (Lipinski definition) is 3. The summed E-state index contributed by atoms with van der Waals surface area (Å²) >= 11 is 0. The van der Waals surface area contributed by atoms with Gasteiger partial charge in [-0.25, -0.2) is 0 Å². The molecule has 5 rings (SSSR count). The van der Waals surface area contributed by atoms with E-state index in [1.807, 2.05) is 67.6 Å². The van der Waals surface area contributed by atoms with Crippen molar-refractivity contribution in [2.75, 3.05) is 15.5 Å². The summed E-state index contributed by atoms with van der Waals surface area (Å²) in [6.45, 7) is 1.99. The van der Waals surface area contributed by atoms with E-state index in [9.17, 15) is 14.4 Å². The molecular weight excluding hydrogens is 438 g/mol. The topological polar surface area (TPSA) is 78.5 Å². The molecule has 0 radical (unpaired) electrons. The maximum atomic E-state index is 13.0. The minimum atomic E-state index is -0.348. The molecule has 0 aliphatic carbocycles. The van der Waals surface area contributed by atoms with Crippen molar-refractivity contribution in [2.45, 2.75) is 13.3 Å². The third kappa shape index (κ3) is 4.54. The van der Waals surface area contributed by atoms with Gasteiger partial charge in [0.1, 0.15) is 6.42 Å². The van der Waals surface area contributed by atoms with Crippen molar-refractivity contribution in [3.63, 3.8) is 0 Å². The molecule has 1 heterocycles. The number of benzene rings is 4. The zero-order valence-corrected chi connectivity index (χ0v) is 19.1. The molecule has 0 atom stereocenters. The van der Waals surface area contributed by atoms with Crippen molar-refractivity contribution in [1.29, 1.82) is 0 Å². The predicted octanol–water partition coefficient (Wildman–Crippen LogP) is 5.81. The second-order valence-electron chi connectivity index (χ2n) is 8.36. The molecule has 0 spiro atoms. The first-order valence-electron chi connectivity index (χ1n) is 11.3. The molecule has 6 heteroatoms. The van der Waals surface area contributed by atoms with E-state index in [2.05, 4.69) is 10.6 Å². The van der Waals surface area contributed by atoms with Gasteiger partial charge in [-0.15, -0.1) is 0 Å². The minimum absolute atomic E-state index is 0.251. The monoisotopic (exact) mass is 461 g/mol. The van der Waals surface area contributed by atoms with Crippen LogP contribution in [0.3, 0.4) is 0 Å². The van der Waals surface area contributed by atoms with Crippen LogP contribution in [0.4, 0.5) is 22.7 Å². The Balaban J connectivity index is 1.41. The van der Waals surface area contributed by atoms with Gasteiger partial charge in [-0.05, 0) is 59.8 Å². The second kappa shape index (κ2) is 9.27. The smallest absolute Gasteiger partial charge is 0.248 e. The van der Waals surface area contributed by atoms with E-state index in [1.165, 1.54) is 6.08 Å². The number of carbonyl (C=O) groups is 3. The fourth-order valence-electron chi connectivity index (χ4n) is 4.21. The van der Waals surface area contributed by atoms with Gasteiger partial charge in [-0.1, -0.05) is 54.6 Å². The molecule has 0 saturated heterocycles. The summed E-state index contributed by atoms with van der Waals surface area (Å²) in [5.74, 6) is -0.924. The fraction of sp³-hybridized carbons (Fsp3) is 0.0690. The van der Waals surface area contributed by atoms with E-state index in [1.54, 1.807) is 35.2 Å². The molecule has 0 aromatic heterocycles. The average molecular weight is 462 g/mol.